The molecule has 2 aliphatic rings. The van der Waals surface area contributed by atoms with Crippen LogP contribution in [0.3, 0.4) is 0 Å². The molecule has 0 aromatic heterocycles. The van der Waals surface area contributed by atoms with E-state index in [1.54, 1.807) is 43.3 Å². The van der Waals surface area contributed by atoms with E-state index in [0.717, 1.165) is 0 Å². The van der Waals surface area contributed by atoms with Crippen LogP contribution in [0.4, 0.5) is 0 Å². The molecule has 0 bridgehead atoms. The highest BCUT2D eigenvalue weighted by Crippen LogP contribution is 2.43. The van der Waals surface area contributed by atoms with E-state index >= 15 is 0 Å². The maximum Gasteiger partial charge on any atom is 0.472 e. The number of ketones is 1. The average Bonchev–Trinajstić information content (AvgIpc) is 3.08. The molecule has 1 atom stereocenters. The highest BCUT2D eigenvalue weighted by molar-refractivity contribution is 7.47. The molecular formula is C38H41NO11P+. The van der Waals surface area contributed by atoms with Gasteiger partial charge in [-0.15, -0.1) is 0 Å². The predicted octanol–water partition coefficient (Wildman–Crippen LogP) is 7.26. The van der Waals surface area contributed by atoms with E-state index in [4.69, 9.17) is 22.9 Å². The summed E-state index contributed by atoms with van der Waals surface area (Å²) >= 11 is 0. The summed E-state index contributed by atoms with van der Waals surface area (Å²) in [5.74, 6) is -0.0244. The molecule has 0 amide bonds. The molecule has 1 unspecified atom stereocenters. The number of Topliss-reactive ketones (excluding diaryl/α,β-unsaturated/α-hetero) is 1. The molecule has 12 nitrogen and oxygen atoms in total. The van der Waals surface area contributed by atoms with Crippen molar-refractivity contribution in [1.82, 2.24) is 0 Å². The predicted molar refractivity (Wildman–Crippen MR) is 192 cm³/mol. The molecular weight excluding hydrogens is 677 g/mol. The van der Waals surface area contributed by atoms with Crippen molar-refractivity contribution >= 4 is 30.5 Å². The van der Waals surface area contributed by atoms with Gasteiger partial charge < -0.3 is 28.4 Å². The van der Waals surface area contributed by atoms with Gasteiger partial charge in [-0.1, -0.05) is 30.3 Å². The molecule has 5 rings (SSSR count). The summed E-state index contributed by atoms with van der Waals surface area (Å²) in [6.07, 6.45) is 0.586. The van der Waals surface area contributed by atoms with Gasteiger partial charge in [-0.2, -0.15) is 0 Å². The number of likely N-dealkylation sites (N-methyl/N-ethyl adjacent to an activating group) is 1. The van der Waals surface area contributed by atoms with Crippen LogP contribution in [0.1, 0.15) is 40.5 Å². The zero-order valence-electron chi connectivity index (χ0n) is 28.7. The van der Waals surface area contributed by atoms with Crippen molar-refractivity contribution in [2.45, 2.75) is 19.8 Å². The SMILES string of the molecule is CCOP(=O)(O)OCC[N+](C)(C)CCOCCCC(=O)c1ccc(-c2c3ccc(=O)cc-3oc3cc(Oc4ccccc4)ccc23)c(C(=O)O)c1. The van der Waals surface area contributed by atoms with Crippen LogP contribution in [0.2, 0.25) is 0 Å². The third kappa shape index (κ3) is 9.98. The first-order chi connectivity index (χ1) is 24.4. The lowest BCUT2D eigenvalue weighted by molar-refractivity contribution is -0.890. The van der Waals surface area contributed by atoms with Crippen LogP contribution in [-0.2, 0) is 18.3 Å². The molecule has 0 saturated carbocycles. The Morgan fingerprint density at radius 1 is 0.843 bits per heavy atom. The molecule has 0 radical (unpaired) electrons. The van der Waals surface area contributed by atoms with Crippen molar-refractivity contribution in [3.63, 3.8) is 0 Å². The van der Waals surface area contributed by atoms with Crippen LogP contribution < -0.4 is 10.2 Å². The van der Waals surface area contributed by atoms with Crippen LogP contribution in [0, 0.1) is 0 Å². The molecule has 3 aromatic carbocycles. The molecule has 13 heteroatoms. The van der Waals surface area contributed by atoms with Gasteiger partial charge in [0.2, 0.25) is 0 Å². The van der Waals surface area contributed by atoms with Crippen molar-refractivity contribution in [1.29, 1.82) is 0 Å². The first-order valence-electron chi connectivity index (χ1n) is 16.5. The summed E-state index contributed by atoms with van der Waals surface area (Å²) < 4.78 is 39.7. The van der Waals surface area contributed by atoms with Gasteiger partial charge in [0, 0.05) is 47.2 Å². The Kier molecular flexibility index (Phi) is 12.2. The maximum atomic E-state index is 13.2. The number of para-hydroxylation sites is 1. The van der Waals surface area contributed by atoms with Gasteiger partial charge in [-0.05, 0) is 61.4 Å². The van der Waals surface area contributed by atoms with Gasteiger partial charge in [0.25, 0.3) is 0 Å². The van der Waals surface area contributed by atoms with Crippen molar-refractivity contribution in [3.05, 3.63) is 106 Å². The highest BCUT2D eigenvalue weighted by atomic mass is 31.2. The molecule has 1 heterocycles. The minimum Gasteiger partial charge on any atom is -0.478 e. The molecule has 0 spiro atoms. The van der Waals surface area contributed by atoms with Gasteiger partial charge in [0.15, 0.2) is 11.2 Å². The molecule has 1 aliphatic carbocycles. The Hall–Kier alpha value is -4.68. The van der Waals surface area contributed by atoms with Crippen molar-refractivity contribution < 1.29 is 51.6 Å². The fourth-order valence-electron chi connectivity index (χ4n) is 5.55. The fourth-order valence-corrected chi connectivity index (χ4v) is 6.26. The number of phosphoric ester groups is 1. The second kappa shape index (κ2) is 16.6. The Morgan fingerprint density at radius 3 is 2.33 bits per heavy atom. The van der Waals surface area contributed by atoms with Gasteiger partial charge in [-0.3, -0.25) is 18.6 Å². The number of carboxylic acids is 1. The normalized spacial score (nSPS) is 12.9. The number of carbonyl (C=O) groups is 2. The van der Waals surface area contributed by atoms with E-state index in [1.165, 1.54) is 18.2 Å². The van der Waals surface area contributed by atoms with Gasteiger partial charge in [0.1, 0.15) is 42.5 Å². The van der Waals surface area contributed by atoms with E-state index < -0.39 is 13.8 Å². The van der Waals surface area contributed by atoms with Crippen LogP contribution in [0.5, 0.6) is 11.5 Å². The van der Waals surface area contributed by atoms with Crippen LogP contribution in [0.15, 0.2) is 94.1 Å². The van der Waals surface area contributed by atoms with Crippen molar-refractivity contribution in [2.24, 2.45) is 0 Å². The molecule has 1 aliphatic heterocycles. The summed E-state index contributed by atoms with van der Waals surface area (Å²) in [6.45, 7) is 3.53. The Morgan fingerprint density at radius 2 is 1.59 bits per heavy atom. The smallest absolute Gasteiger partial charge is 0.472 e. The monoisotopic (exact) mass is 718 g/mol. The van der Waals surface area contributed by atoms with Gasteiger partial charge in [0.05, 0.1) is 32.9 Å². The molecule has 2 N–H and O–H groups in total. The minimum atomic E-state index is -4.04. The lowest BCUT2D eigenvalue weighted by Gasteiger charge is -2.29. The van der Waals surface area contributed by atoms with E-state index in [1.807, 2.05) is 44.4 Å². The number of carbonyl (C=O) groups excluding carboxylic acids is 1. The standard InChI is InChI=1S/C38H40NO11P/c1-4-47-51(44,45)48-22-19-39(2,3)18-21-46-20-8-11-34(41)26-12-15-30(33(23-26)38(42)43)37-31-16-13-27(40)24-35(31)50-36-25-29(14-17-32(36)37)49-28-9-6-5-7-10-28/h5-7,9-10,12-17,23-25H,4,8,11,18-22H2,1-3H3,(H-,42,43,44,45)/p+1. The van der Waals surface area contributed by atoms with E-state index in [2.05, 4.69) is 0 Å². The number of quaternary nitrogens is 1. The number of benzene rings is 4. The molecule has 3 aromatic rings. The van der Waals surface area contributed by atoms with Gasteiger partial charge >= 0.3 is 13.8 Å². The second-order valence-corrected chi connectivity index (χ2v) is 14.0. The second-order valence-electron chi connectivity index (χ2n) is 12.5. The zero-order chi connectivity index (χ0) is 36.6. The maximum absolute atomic E-state index is 13.2. The number of hydrogen-bond donors (Lipinski definition) is 2. The first kappa shape index (κ1) is 37.6. The summed E-state index contributed by atoms with van der Waals surface area (Å²) in [5.41, 5.74) is 1.79. The number of rotatable bonds is 18. The first-order valence-corrected chi connectivity index (χ1v) is 18.0. The van der Waals surface area contributed by atoms with Crippen molar-refractivity contribution in [3.8, 4) is 33.9 Å². The van der Waals surface area contributed by atoms with Gasteiger partial charge in [-0.25, -0.2) is 9.36 Å². The van der Waals surface area contributed by atoms with Crippen LogP contribution in [-0.4, -0.2) is 79.8 Å². The number of aromatic carboxylic acids is 1. The number of fused-ring (bicyclic) bond motifs is 2. The Balaban J connectivity index is 1.28. The van der Waals surface area contributed by atoms with Crippen LogP contribution in [0.25, 0.3) is 33.4 Å². The van der Waals surface area contributed by atoms with Crippen molar-refractivity contribution in [2.75, 3.05) is 53.6 Å². The molecule has 51 heavy (non-hydrogen) atoms. The zero-order valence-corrected chi connectivity index (χ0v) is 29.6. The van der Waals surface area contributed by atoms with E-state index in [9.17, 15) is 28.9 Å². The number of nitrogens with zero attached hydrogens (tertiary/aromatic N) is 1. The number of phosphoric acid groups is 1. The number of ether oxygens (including phenoxy) is 2. The Bertz CT molecular complexity index is 2080. The highest BCUT2D eigenvalue weighted by Gasteiger charge is 2.25. The number of hydrogen-bond acceptors (Lipinski definition) is 9. The molecule has 0 saturated heterocycles. The average molecular weight is 719 g/mol. The summed E-state index contributed by atoms with van der Waals surface area (Å²) in [5, 5.41) is 10.9. The van der Waals surface area contributed by atoms with E-state index in [-0.39, 0.29) is 47.7 Å². The lowest BCUT2D eigenvalue weighted by atomic mass is 9.89. The van der Waals surface area contributed by atoms with E-state index in [0.29, 0.717) is 76.4 Å². The van der Waals surface area contributed by atoms with Crippen LogP contribution >= 0.6 is 7.82 Å². The molecule has 268 valence electrons. The summed E-state index contributed by atoms with van der Waals surface area (Å²) in [7, 11) is -0.155. The number of carboxylic acid groups (broad SMARTS) is 1. The topological polar surface area (TPSA) is 159 Å². The third-order valence-corrected chi connectivity index (χ3v) is 9.36. The Labute approximate surface area is 295 Å². The third-order valence-electron chi connectivity index (χ3n) is 8.26. The molecule has 0 fully saturated rings. The lowest BCUT2D eigenvalue weighted by Crippen LogP contribution is -2.44. The largest absolute Gasteiger partial charge is 0.478 e. The summed E-state index contributed by atoms with van der Waals surface area (Å²) in [4.78, 5) is 47.7. The summed E-state index contributed by atoms with van der Waals surface area (Å²) in [6, 6.07) is 23.4. The quantitative estimate of drug-likeness (QED) is 0.0309. The fraction of sp³-hybridized carbons (Fsp3) is 0.289. The minimum absolute atomic E-state index is 0.0458.